The van der Waals surface area contributed by atoms with Gasteiger partial charge in [0, 0.05) is 28.9 Å². The van der Waals surface area contributed by atoms with Crippen molar-refractivity contribution < 1.29 is 0 Å². The number of H-pyrrole nitrogens is 1. The largest absolute Gasteiger partial charge is 0.339 e. The number of hydrogen-bond acceptors (Lipinski definition) is 7. The summed E-state index contributed by atoms with van der Waals surface area (Å²) in [6, 6.07) is 16.6. The number of tetrazole rings is 1. The van der Waals surface area contributed by atoms with Crippen LogP contribution < -0.4 is 11.5 Å². The molecule has 3 aromatic heterocycles. The molecule has 172 valence electrons. The van der Waals surface area contributed by atoms with Crippen molar-refractivity contribution in [1.82, 2.24) is 35.2 Å². The van der Waals surface area contributed by atoms with Crippen molar-refractivity contribution in [3.63, 3.8) is 0 Å². The lowest BCUT2D eigenvalue weighted by Gasteiger charge is -2.36. The second-order valence-electron chi connectivity index (χ2n) is 9.36. The zero-order valence-corrected chi connectivity index (χ0v) is 19.1. The Kier molecular flexibility index (Phi) is 4.89. The molecular weight excluding hydrogens is 426 g/mol. The normalized spacial score (nSPS) is 20.9. The zero-order valence-electron chi connectivity index (χ0n) is 19.1. The standard InChI is InChI=1S/C25H27N9/c1-34-32-23(31-33-34)16-7-8-18-19(14-16)28-24-21(18)22(25(27)11-9-17(26)10-12-25)29-20(30-24)13-15-5-3-2-4-6-15/h2-8,14,17H,9-13,26-27H2,1H3,(H,28,29,30). The van der Waals surface area contributed by atoms with E-state index in [2.05, 4.69) is 38.6 Å². The summed E-state index contributed by atoms with van der Waals surface area (Å²) in [7, 11) is 1.75. The Morgan fingerprint density at radius 1 is 1.09 bits per heavy atom. The fourth-order valence-corrected chi connectivity index (χ4v) is 4.99. The van der Waals surface area contributed by atoms with Gasteiger partial charge in [-0.05, 0) is 42.5 Å². The maximum absolute atomic E-state index is 7.05. The highest BCUT2D eigenvalue weighted by molar-refractivity contribution is 6.08. The van der Waals surface area contributed by atoms with Gasteiger partial charge < -0.3 is 16.5 Å². The summed E-state index contributed by atoms with van der Waals surface area (Å²) in [6.07, 6.45) is 4.03. The summed E-state index contributed by atoms with van der Waals surface area (Å²) in [4.78, 5) is 15.0. The molecule has 1 fully saturated rings. The molecule has 2 aromatic carbocycles. The van der Waals surface area contributed by atoms with Crippen LogP contribution in [0.15, 0.2) is 48.5 Å². The number of fused-ring (bicyclic) bond motifs is 3. The first-order valence-corrected chi connectivity index (χ1v) is 11.6. The van der Waals surface area contributed by atoms with Gasteiger partial charge in [-0.25, -0.2) is 9.97 Å². The molecule has 0 atom stereocenters. The molecule has 0 amide bonds. The van der Waals surface area contributed by atoms with Gasteiger partial charge in [0.15, 0.2) is 0 Å². The summed E-state index contributed by atoms with van der Waals surface area (Å²) < 4.78 is 0. The summed E-state index contributed by atoms with van der Waals surface area (Å²) in [5.74, 6) is 1.34. The lowest BCUT2D eigenvalue weighted by Crippen LogP contribution is -2.44. The minimum absolute atomic E-state index is 0.197. The van der Waals surface area contributed by atoms with Crippen molar-refractivity contribution in [2.24, 2.45) is 18.5 Å². The van der Waals surface area contributed by atoms with Gasteiger partial charge in [-0.3, -0.25) is 0 Å². The molecule has 6 rings (SSSR count). The van der Waals surface area contributed by atoms with E-state index in [1.807, 2.05) is 30.3 Å². The average molecular weight is 454 g/mol. The van der Waals surface area contributed by atoms with Crippen LogP contribution in [0.4, 0.5) is 0 Å². The van der Waals surface area contributed by atoms with Gasteiger partial charge >= 0.3 is 0 Å². The van der Waals surface area contributed by atoms with Crippen molar-refractivity contribution in [3.05, 3.63) is 65.6 Å². The molecule has 1 aliphatic rings. The van der Waals surface area contributed by atoms with Crippen molar-refractivity contribution in [2.45, 2.75) is 43.7 Å². The number of nitrogens with one attached hydrogen (secondary N) is 1. The molecule has 0 unspecified atom stereocenters. The fourth-order valence-electron chi connectivity index (χ4n) is 4.99. The molecule has 5 N–H and O–H groups in total. The number of nitrogens with zero attached hydrogens (tertiary/aromatic N) is 6. The minimum Gasteiger partial charge on any atom is -0.339 e. The molecule has 3 heterocycles. The first-order valence-electron chi connectivity index (χ1n) is 11.6. The molecule has 5 aromatic rings. The highest BCUT2D eigenvalue weighted by Gasteiger charge is 2.36. The Morgan fingerprint density at radius 2 is 1.88 bits per heavy atom. The molecular formula is C25H27N9. The highest BCUT2D eigenvalue weighted by Crippen LogP contribution is 2.39. The van der Waals surface area contributed by atoms with E-state index in [4.69, 9.17) is 21.4 Å². The van der Waals surface area contributed by atoms with Crippen LogP contribution in [0.1, 0.15) is 42.8 Å². The molecule has 1 saturated carbocycles. The highest BCUT2D eigenvalue weighted by atomic mass is 15.6. The second-order valence-corrected chi connectivity index (χ2v) is 9.36. The van der Waals surface area contributed by atoms with Crippen LogP contribution in [-0.2, 0) is 19.0 Å². The predicted molar refractivity (Wildman–Crippen MR) is 131 cm³/mol. The van der Waals surface area contributed by atoms with E-state index >= 15 is 0 Å². The van der Waals surface area contributed by atoms with Gasteiger partial charge in [-0.15, -0.1) is 10.2 Å². The molecule has 0 saturated heterocycles. The smallest absolute Gasteiger partial charge is 0.204 e. The summed E-state index contributed by atoms with van der Waals surface area (Å²) >= 11 is 0. The van der Waals surface area contributed by atoms with Crippen LogP contribution in [-0.4, -0.2) is 41.2 Å². The molecule has 0 bridgehead atoms. The van der Waals surface area contributed by atoms with E-state index in [0.717, 1.165) is 70.3 Å². The maximum Gasteiger partial charge on any atom is 0.204 e. The number of aromatic nitrogens is 7. The number of aryl methyl sites for hydroxylation is 1. The van der Waals surface area contributed by atoms with Crippen LogP contribution in [0, 0.1) is 0 Å². The minimum atomic E-state index is -0.539. The van der Waals surface area contributed by atoms with E-state index in [1.54, 1.807) is 7.05 Å². The number of rotatable bonds is 4. The first kappa shape index (κ1) is 20.9. The van der Waals surface area contributed by atoms with Gasteiger partial charge in [-0.2, -0.15) is 4.80 Å². The quantitative estimate of drug-likeness (QED) is 0.380. The summed E-state index contributed by atoms with van der Waals surface area (Å²) in [5, 5.41) is 14.5. The Morgan fingerprint density at radius 3 is 2.62 bits per heavy atom. The number of aromatic amines is 1. The lowest BCUT2D eigenvalue weighted by molar-refractivity contribution is 0.273. The van der Waals surface area contributed by atoms with Crippen molar-refractivity contribution in [1.29, 1.82) is 0 Å². The second kappa shape index (κ2) is 7.96. The number of benzene rings is 2. The third-order valence-corrected chi connectivity index (χ3v) is 6.86. The average Bonchev–Trinajstić information content (AvgIpc) is 3.44. The van der Waals surface area contributed by atoms with Crippen LogP contribution in [0.5, 0.6) is 0 Å². The van der Waals surface area contributed by atoms with E-state index in [0.29, 0.717) is 12.2 Å². The lowest BCUT2D eigenvalue weighted by atomic mass is 9.77. The van der Waals surface area contributed by atoms with Gasteiger partial charge in [0.05, 0.1) is 23.7 Å². The van der Waals surface area contributed by atoms with Gasteiger partial charge in [-0.1, -0.05) is 42.5 Å². The molecule has 0 spiro atoms. The van der Waals surface area contributed by atoms with Crippen molar-refractivity contribution in [2.75, 3.05) is 0 Å². The number of nitrogens with two attached hydrogens (primary N) is 2. The van der Waals surface area contributed by atoms with Gasteiger partial charge in [0.2, 0.25) is 5.82 Å². The van der Waals surface area contributed by atoms with E-state index in [1.165, 1.54) is 4.80 Å². The molecule has 0 radical (unpaired) electrons. The SMILES string of the molecule is Cn1nnc(-c2ccc3c(c2)[nH]c2nc(Cc4ccccc4)nc(C4(N)CCC(N)CC4)c23)n1. The zero-order chi connectivity index (χ0) is 23.3. The van der Waals surface area contributed by atoms with Crippen molar-refractivity contribution in [3.8, 4) is 11.4 Å². The number of hydrogen-bond donors (Lipinski definition) is 3. The Labute approximate surface area is 196 Å². The molecule has 0 aliphatic heterocycles. The van der Waals surface area contributed by atoms with E-state index < -0.39 is 5.54 Å². The maximum atomic E-state index is 7.05. The van der Waals surface area contributed by atoms with Crippen LogP contribution in [0.25, 0.3) is 33.3 Å². The molecule has 9 nitrogen and oxygen atoms in total. The molecule has 9 heteroatoms. The summed E-state index contributed by atoms with van der Waals surface area (Å²) in [6.45, 7) is 0. The summed E-state index contributed by atoms with van der Waals surface area (Å²) in [5.41, 5.74) is 17.4. The third kappa shape index (κ3) is 3.63. The van der Waals surface area contributed by atoms with Crippen LogP contribution >= 0.6 is 0 Å². The first-order chi connectivity index (χ1) is 16.5. The van der Waals surface area contributed by atoms with Gasteiger partial charge in [0.25, 0.3) is 0 Å². The molecule has 1 aliphatic carbocycles. The predicted octanol–water partition coefficient (Wildman–Crippen LogP) is 2.95. The molecule has 34 heavy (non-hydrogen) atoms. The van der Waals surface area contributed by atoms with Gasteiger partial charge in [0.1, 0.15) is 11.5 Å². The van der Waals surface area contributed by atoms with Crippen LogP contribution in [0.3, 0.4) is 0 Å². The third-order valence-electron chi connectivity index (χ3n) is 6.86. The Bertz CT molecular complexity index is 1480. The Hall–Kier alpha value is -3.69. The monoisotopic (exact) mass is 453 g/mol. The van der Waals surface area contributed by atoms with E-state index in [9.17, 15) is 0 Å². The van der Waals surface area contributed by atoms with Crippen LogP contribution in [0.2, 0.25) is 0 Å². The fraction of sp³-hybridized carbons (Fsp3) is 0.320. The Balaban J connectivity index is 1.53. The topological polar surface area (TPSA) is 137 Å². The van der Waals surface area contributed by atoms with E-state index in [-0.39, 0.29) is 6.04 Å². The van der Waals surface area contributed by atoms with Crippen molar-refractivity contribution >= 4 is 21.9 Å².